The molecule has 1 amide bonds. The molecule has 8 nitrogen and oxygen atoms in total. The zero-order valence-electron chi connectivity index (χ0n) is 22.5. The highest BCUT2D eigenvalue weighted by molar-refractivity contribution is 6.01. The van der Waals surface area contributed by atoms with Crippen LogP contribution in [0.1, 0.15) is 95.5 Å². The van der Waals surface area contributed by atoms with E-state index < -0.39 is 28.8 Å². The van der Waals surface area contributed by atoms with Crippen LogP contribution in [0.2, 0.25) is 0 Å². The maximum atomic E-state index is 13.5. The summed E-state index contributed by atoms with van der Waals surface area (Å²) in [6, 6.07) is 7.29. The molecule has 0 N–H and O–H groups in total. The normalized spacial score (nSPS) is 24.0. The highest BCUT2D eigenvalue weighted by Crippen LogP contribution is 2.42. The molecule has 1 aliphatic heterocycles. The molecular weight excluding hydrogens is 462 g/mol. The molecule has 2 fully saturated rings. The van der Waals surface area contributed by atoms with Crippen LogP contribution >= 0.6 is 0 Å². The van der Waals surface area contributed by atoms with Gasteiger partial charge in [-0.3, -0.25) is 14.5 Å². The Bertz CT molecular complexity index is 996. The van der Waals surface area contributed by atoms with Crippen LogP contribution in [-0.2, 0) is 23.8 Å². The van der Waals surface area contributed by atoms with E-state index in [1.165, 1.54) is 12.0 Å². The molecule has 36 heavy (non-hydrogen) atoms. The number of esters is 2. The lowest BCUT2D eigenvalue weighted by atomic mass is 9.71. The summed E-state index contributed by atoms with van der Waals surface area (Å²) in [4.78, 5) is 53.0. The van der Waals surface area contributed by atoms with Gasteiger partial charge >= 0.3 is 18.0 Å². The fourth-order valence-electron chi connectivity index (χ4n) is 4.86. The standard InChI is InChI=1S/C28H39NO7/c1-26(2,3)35-24(32)28(13-8-14-29(28)25(33)36-27(4,5)6)17-22(30)19-11-9-18(10-12-19)20-15-21(16-20)23(31)34-7/h9-12,20-21H,8,13-17H2,1-7H3. The summed E-state index contributed by atoms with van der Waals surface area (Å²) in [5.41, 5.74) is -1.42. The van der Waals surface area contributed by atoms with Gasteiger partial charge in [0.2, 0.25) is 0 Å². The lowest BCUT2D eigenvalue weighted by Crippen LogP contribution is -2.57. The zero-order chi connectivity index (χ0) is 26.9. The van der Waals surface area contributed by atoms with Crippen molar-refractivity contribution < 1.29 is 33.4 Å². The van der Waals surface area contributed by atoms with Crippen molar-refractivity contribution in [2.24, 2.45) is 5.92 Å². The molecule has 2 aliphatic rings. The van der Waals surface area contributed by atoms with Gasteiger partial charge in [-0.05, 0) is 78.7 Å². The van der Waals surface area contributed by atoms with Crippen molar-refractivity contribution in [1.82, 2.24) is 4.90 Å². The number of carbonyl (C=O) groups is 4. The Morgan fingerprint density at radius 3 is 2.06 bits per heavy atom. The van der Waals surface area contributed by atoms with E-state index in [1.807, 2.05) is 12.1 Å². The zero-order valence-corrected chi connectivity index (χ0v) is 22.5. The van der Waals surface area contributed by atoms with Crippen LogP contribution in [0.5, 0.6) is 0 Å². The third kappa shape index (κ3) is 6.26. The van der Waals surface area contributed by atoms with E-state index in [1.54, 1.807) is 53.7 Å². The molecule has 1 aliphatic carbocycles. The summed E-state index contributed by atoms with van der Waals surface area (Å²) in [7, 11) is 1.40. The van der Waals surface area contributed by atoms with Crippen molar-refractivity contribution in [2.75, 3.05) is 13.7 Å². The van der Waals surface area contributed by atoms with Crippen molar-refractivity contribution in [1.29, 1.82) is 0 Å². The van der Waals surface area contributed by atoms with Gasteiger partial charge in [0.25, 0.3) is 0 Å². The molecule has 1 aromatic carbocycles. The average Bonchev–Trinajstić information content (AvgIpc) is 3.15. The number of rotatable bonds is 6. The van der Waals surface area contributed by atoms with Gasteiger partial charge in [-0.25, -0.2) is 9.59 Å². The molecule has 3 rings (SSSR count). The fraction of sp³-hybridized carbons (Fsp3) is 0.643. The second-order valence-electron chi connectivity index (χ2n) is 11.9. The minimum atomic E-state index is -1.42. The minimum Gasteiger partial charge on any atom is -0.469 e. The smallest absolute Gasteiger partial charge is 0.411 e. The van der Waals surface area contributed by atoms with E-state index in [-0.39, 0.29) is 30.0 Å². The number of amides is 1. The first-order valence-electron chi connectivity index (χ1n) is 12.6. The van der Waals surface area contributed by atoms with Crippen molar-refractivity contribution >= 4 is 23.8 Å². The Morgan fingerprint density at radius 1 is 0.944 bits per heavy atom. The van der Waals surface area contributed by atoms with Gasteiger partial charge in [-0.15, -0.1) is 0 Å². The van der Waals surface area contributed by atoms with Gasteiger partial charge in [0, 0.05) is 18.5 Å². The largest absolute Gasteiger partial charge is 0.469 e. The summed E-state index contributed by atoms with van der Waals surface area (Å²) in [5, 5.41) is 0. The van der Waals surface area contributed by atoms with Crippen molar-refractivity contribution in [2.45, 2.75) is 96.3 Å². The molecule has 1 saturated heterocycles. The molecule has 1 unspecified atom stereocenters. The topological polar surface area (TPSA) is 99.2 Å². The van der Waals surface area contributed by atoms with Crippen LogP contribution in [0.15, 0.2) is 24.3 Å². The number of ether oxygens (including phenoxy) is 3. The van der Waals surface area contributed by atoms with E-state index in [4.69, 9.17) is 14.2 Å². The first-order valence-corrected chi connectivity index (χ1v) is 12.6. The quantitative estimate of drug-likeness (QED) is 0.306. The van der Waals surface area contributed by atoms with Crippen LogP contribution < -0.4 is 0 Å². The average molecular weight is 502 g/mol. The van der Waals surface area contributed by atoms with Crippen LogP contribution in [0.25, 0.3) is 0 Å². The third-order valence-electron chi connectivity index (χ3n) is 6.71. The monoisotopic (exact) mass is 501 g/mol. The Balaban J connectivity index is 1.80. The van der Waals surface area contributed by atoms with Crippen LogP contribution in [0.3, 0.4) is 0 Å². The van der Waals surface area contributed by atoms with E-state index >= 15 is 0 Å². The Kier molecular flexibility index (Phi) is 7.86. The number of hydrogen-bond acceptors (Lipinski definition) is 7. The molecule has 1 saturated carbocycles. The van der Waals surface area contributed by atoms with Gasteiger partial charge < -0.3 is 14.2 Å². The highest BCUT2D eigenvalue weighted by atomic mass is 16.6. The lowest BCUT2D eigenvalue weighted by Gasteiger charge is -2.38. The second kappa shape index (κ2) is 10.2. The number of likely N-dealkylation sites (tertiary alicyclic amines) is 1. The number of benzene rings is 1. The van der Waals surface area contributed by atoms with Crippen molar-refractivity contribution in [3.8, 4) is 0 Å². The fourth-order valence-corrected chi connectivity index (χ4v) is 4.86. The summed E-state index contributed by atoms with van der Waals surface area (Å²) < 4.78 is 16.1. The maximum Gasteiger partial charge on any atom is 0.411 e. The summed E-state index contributed by atoms with van der Waals surface area (Å²) >= 11 is 0. The molecule has 0 radical (unpaired) electrons. The molecule has 0 bridgehead atoms. The predicted molar refractivity (Wildman–Crippen MR) is 134 cm³/mol. The minimum absolute atomic E-state index is 0.0730. The highest BCUT2D eigenvalue weighted by Gasteiger charge is 2.54. The van der Waals surface area contributed by atoms with Crippen molar-refractivity contribution in [3.05, 3.63) is 35.4 Å². The van der Waals surface area contributed by atoms with E-state index in [9.17, 15) is 19.2 Å². The van der Waals surface area contributed by atoms with Gasteiger partial charge in [0.15, 0.2) is 11.3 Å². The van der Waals surface area contributed by atoms with Crippen LogP contribution in [-0.4, -0.2) is 59.1 Å². The maximum absolute atomic E-state index is 13.5. The van der Waals surface area contributed by atoms with Crippen LogP contribution in [0, 0.1) is 5.92 Å². The molecule has 8 heteroatoms. The molecule has 1 atom stereocenters. The lowest BCUT2D eigenvalue weighted by molar-refractivity contribution is -0.167. The number of methoxy groups -OCH3 is 1. The number of nitrogens with zero attached hydrogens (tertiary/aromatic N) is 1. The summed E-state index contributed by atoms with van der Waals surface area (Å²) in [6.45, 7) is 10.9. The van der Waals surface area contributed by atoms with Gasteiger partial charge in [0.1, 0.15) is 11.2 Å². The van der Waals surface area contributed by atoms with Gasteiger partial charge in [0.05, 0.1) is 13.0 Å². The second-order valence-corrected chi connectivity index (χ2v) is 11.9. The molecule has 198 valence electrons. The molecule has 0 spiro atoms. The van der Waals surface area contributed by atoms with Crippen LogP contribution in [0.4, 0.5) is 4.79 Å². The molecule has 1 heterocycles. The SMILES string of the molecule is COC(=O)C1CC(c2ccc(C(=O)CC3(C(=O)OC(C)(C)C)CCCN3C(=O)OC(C)(C)C)cc2)C1. The van der Waals surface area contributed by atoms with E-state index in [2.05, 4.69) is 0 Å². The predicted octanol–water partition coefficient (Wildman–Crippen LogP) is 5.04. The number of carbonyl (C=O) groups excluding carboxylic acids is 4. The summed E-state index contributed by atoms with van der Waals surface area (Å²) in [6.07, 6.45) is 1.53. The van der Waals surface area contributed by atoms with Gasteiger partial charge in [-0.1, -0.05) is 24.3 Å². The molecular formula is C28H39NO7. The Morgan fingerprint density at radius 2 is 1.53 bits per heavy atom. The number of hydrogen-bond donors (Lipinski definition) is 0. The Labute approximate surface area is 213 Å². The van der Waals surface area contributed by atoms with Gasteiger partial charge in [-0.2, -0.15) is 0 Å². The Hall–Kier alpha value is -2.90. The third-order valence-corrected chi connectivity index (χ3v) is 6.71. The van der Waals surface area contributed by atoms with E-state index in [0.29, 0.717) is 24.9 Å². The number of ketones is 1. The van der Waals surface area contributed by atoms with Crippen molar-refractivity contribution in [3.63, 3.8) is 0 Å². The molecule has 1 aromatic rings. The van der Waals surface area contributed by atoms with E-state index in [0.717, 1.165) is 18.4 Å². The first kappa shape index (κ1) is 27.7. The number of Topliss-reactive ketones (excluding diaryl/α,β-unsaturated/α-hetero) is 1. The summed E-state index contributed by atoms with van der Waals surface area (Å²) in [5.74, 6) is -0.841. The first-order chi connectivity index (χ1) is 16.6. The molecule has 0 aromatic heterocycles.